The zero-order chi connectivity index (χ0) is 15.6. The molecule has 0 unspecified atom stereocenters. The second kappa shape index (κ2) is 8.88. The van der Waals surface area contributed by atoms with Gasteiger partial charge >= 0.3 is 5.79 Å². The Morgan fingerprint density at radius 3 is 1.55 bits per heavy atom. The summed E-state index contributed by atoms with van der Waals surface area (Å²) in [4.78, 5) is 37.5. The summed E-state index contributed by atoms with van der Waals surface area (Å²) in [5, 5.41) is 31.9. The fourth-order valence-electron chi connectivity index (χ4n) is 1.74. The molecule has 0 N–H and O–H groups in total. The molecule has 0 heterocycles. The number of hydrogen-bond acceptors (Lipinski definition) is 7. The molecule has 10 nitrogen and oxygen atoms in total. The minimum Gasteiger partial charge on any atom is -0.291 e. The van der Waals surface area contributed by atoms with Crippen molar-refractivity contribution >= 4 is 6.29 Å². The van der Waals surface area contributed by atoms with Crippen molar-refractivity contribution in [3.63, 3.8) is 0 Å². The first-order chi connectivity index (χ1) is 9.39. The van der Waals surface area contributed by atoms with Crippen molar-refractivity contribution in [2.45, 2.75) is 57.2 Å². The first-order valence-corrected chi connectivity index (χ1v) is 6.18. The number of nitrogens with zero attached hydrogens (tertiary/aromatic N) is 3. The van der Waals surface area contributed by atoms with E-state index >= 15 is 0 Å². The third-order valence-electron chi connectivity index (χ3n) is 2.92. The van der Waals surface area contributed by atoms with Crippen LogP contribution in [0.1, 0.15) is 51.4 Å². The molecular formula is C10H16N3O7. The lowest BCUT2D eigenvalue weighted by atomic mass is 10.1. The first-order valence-electron chi connectivity index (χ1n) is 6.18. The zero-order valence-corrected chi connectivity index (χ0v) is 10.9. The Kier molecular flexibility index (Phi) is 7.94. The van der Waals surface area contributed by atoms with E-state index in [-0.39, 0.29) is 6.42 Å². The van der Waals surface area contributed by atoms with Crippen LogP contribution >= 0.6 is 0 Å². The van der Waals surface area contributed by atoms with Gasteiger partial charge in [0, 0.05) is 6.42 Å². The van der Waals surface area contributed by atoms with E-state index in [1.807, 2.05) is 0 Å². The Bertz CT molecular complexity index is 336. The first kappa shape index (κ1) is 17.9. The summed E-state index contributed by atoms with van der Waals surface area (Å²) in [6, 6.07) is 0. The van der Waals surface area contributed by atoms with Crippen LogP contribution in [0.5, 0.6) is 0 Å². The Balaban J connectivity index is 4.17. The van der Waals surface area contributed by atoms with Crippen LogP contribution in [0.4, 0.5) is 0 Å². The quantitative estimate of drug-likeness (QED) is 0.230. The maximum absolute atomic E-state index is 10.6. The van der Waals surface area contributed by atoms with Gasteiger partial charge in [-0.1, -0.05) is 25.7 Å². The molecule has 0 aliphatic carbocycles. The van der Waals surface area contributed by atoms with Crippen molar-refractivity contribution in [2.75, 3.05) is 0 Å². The summed E-state index contributed by atoms with van der Waals surface area (Å²) < 4.78 is 0. The average molecular weight is 290 g/mol. The number of hydrogen-bond donors (Lipinski definition) is 0. The Labute approximate surface area is 114 Å². The lowest BCUT2D eigenvalue weighted by Crippen LogP contribution is -2.53. The van der Waals surface area contributed by atoms with E-state index in [1.165, 1.54) is 0 Å². The largest absolute Gasteiger partial charge is 0.699 e. The van der Waals surface area contributed by atoms with Crippen LogP contribution in [0.25, 0.3) is 0 Å². The number of nitro groups is 3. The maximum atomic E-state index is 10.6. The Morgan fingerprint density at radius 1 is 0.750 bits per heavy atom. The fourth-order valence-corrected chi connectivity index (χ4v) is 1.74. The lowest BCUT2D eigenvalue weighted by Gasteiger charge is -2.08. The van der Waals surface area contributed by atoms with Crippen LogP contribution in [-0.4, -0.2) is 26.8 Å². The van der Waals surface area contributed by atoms with E-state index in [9.17, 15) is 35.1 Å². The normalized spacial score (nSPS) is 11.0. The molecule has 1 radical (unpaired) electrons. The van der Waals surface area contributed by atoms with Gasteiger partial charge < -0.3 is 0 Å². The van der Waals surface area contributed by atoms with E-state index in [2.05, 4.69) is 0 Å². The molecule has 0 amide bonds. The molecule has 0 spiro atoms. The fraction of sp³-hybridized carbons (Fsp3) is 0.900. The number of carbonyl (C=O) groups excluding carboxylic acids is 1. The summed E-state index contributed by atoms with van der Waals surface area (Å²) in [6.45, 7) is 0. The molecule has 0 rings (SSSR count). The van der Waals surface area contributed by atoms with Crippen LogP contribution in [0.15, 0.2) is 0 Å². The molecule has 0 aliphatic heterocycles. The van der Waals surface area contributed by atoms with Crippen molar-refractivity contribution in [2.24, 2.45) is 0 Å². The summed E-state index contributed by atoms with van der Waals surface area (Å²) in [6.07, 6.45) is 4.75. The maximum Gasteiger partial charge on any atom is 0.699 e. The van der Waals surface area contributed by atoms with Gasteiger partial charge in [0.15, 0.2) is 27.5 Å². The van der Waals surface area contributed by atoms with Crippen molar-refractivity contribution in [1.82, 2.24) is 0 Å². The molecule has 0 saturated carbocycles. The SMILES string of the molecule is O=[C]CCCCCCCCC([N+](=O)[O-])([N+](=O)[O-])[N+](=O)[O-]. The molecule has 0 atom stereocenters. The molecule has 0 aliphatic rings. The van der Waals surface area contributed by atoms with Crippen molar-refractivity contribution in [1.29, 1.82) is 0 Å². The highest BCUT2D eigenvalue weighted by molar-refractivity contribution is 5.50. The molecule has 20 heavy (non-hydrogen) atoms. The van der Waals surface area contributed by atoms with E-state index in [4.69, 9.17) is 0 Å². The zero-order valence-electron chi connectivity index (χ0n) is 10.9. The smallest absolute Gasteiger partial charge is 0.291 e. The second-order valence-corrected chi connectivity index (χ2v) is 4.31. The van der Waals surface area contributed by atoms with E-state index in [0.29, 0.717) is 25.7 Å². The van der Waals surface area contributed by atoms with Crippen LogP contribution < -0.4 is 0 Å². The molecule has 0 fully saturated rings. The summed E-state index contributed by atoms with van der Waals surface area (Å²) in [5.74, 6) is -3.34. The molecular weight excluding hydrogens is 274 g/mol. The van der Waals surface area contributed by atoms with Gasteiger partial charge in [-0.2, -0.15) is 0 Å². The molecule has 0 bridgehead atoms. The van der Waals surface area contributed by atoms with Crippen LogP contribution in [-0.2, 0) is 4.79 Å². The van der Waals surface area contributed by atoms with E-state index in [1.54, 1.807) is 6.29 Å². The van der Waals surface area contributed by atoms with Gasteiger partial charge in [-0.25, -0.2) is 0 Å². The molecule has 113 valence electrons. The van der Waals surface area contributed by atoms with Crippen molar-refractivity contribution in [3.05, 3.63) is 30.3 Å². The number of unbranched alkanes of at least 4 members (excludes halogenated alkanes) is 6. The molecule has 0 saturated heterocycles. The van der Waals surface area contributed by atoms with Gasteiger partial charge in [0.1, 0.15) is 0 Å². The van der Waals surface area contributed by atoms with Gasteiger partial charge in [0.25, 0.3) is 0 Å². The predicted octanol–water partition coefficient (Wildman–Crippen LogP) is 1.70. The highest BCUT2D eigenvalue weighted by atomic mass is 16.7. The summed E-state index contributed by atoms with van der Waals surface area (Å²) >= 11 is 0. The summed E-state index contributed by atoms with van der Waals surface area (Å²) in [5.41, 5.74) is 0. The molecule has 0 aromatic heterocycles. The van der Waals surface area contributed by atoms with Crippen LogP contribution in [0.2, 0.25) is 0 Å². The topological polar surface area (TPSA) is 146 Å². The highest BCUT2D eigenvalue weighted by Crippen LogP contribution is 2.21. The van der Waals surface area contributed by atoms with Crippen molar-refractivity contribution in [3.8, 4) is 0 Å². The lowest BCUT2D eigenvalue weighted by molar-refractivity contribution is -0.970. The van der Waals surface area contributed by atoms with Gasteiger partial charge in [-0.05, 0) is 12.8 Å². The monoisotopic (exact) mass is 290 g/mol. The second-order valence-electron chi connectivity index (χ2n) is 4.31. The Morgan fingerprint density at radius 2 is 1.15 bits per heavy atom. The minimum absolute atomic E-state index is 0.0305. The third kappa shape index (κ3) is 4.86. The highest BCUT2D eigenvalue weighted by Gasteiger charge is 2.69. The number of rotatable bonds is 12. The predicted molar refractivity (Wildman–Crippen MR) is 66.3 cm³/mol. The Hall–Kier alpha value is -2.13. The van der Waals surface area contributed by atoms with Crippen LogP contribution in [0, 0.1) is 30.3 Å². The summed E-state index contributed by atoms with van der Waals surface area (Å²) in [7, 11) is 0. The molecule has 0 aromatic carbocycles. The van der Waals surface area contributed by atoms with Gasteiger partial charge in [-0.3, -0.25) is 35.1 Å². The third-order valence-corrected chi connectivity index (χ3v) is 2.92. The molecule has 10 heteroatoms. The van der Waals surface area contributed by atoms with E-state index in [0.717, 1.165) is 12.8 Å². The minimum atomic E-state index is -3.34. The van der Waals surface area contributed by atoms with Gasteiger partial charge in [0.05, 0.1) is 0 Å². The van der Waals surface area contributed by atoms with Gasteiger partial charge in [0.2, 0.25) is 0 Å². The van der Waals surface area contributed by atoms with Crippen molar-refractivity contribution < 1.29 is 19.6 Å². The average Bonchev–Trinajstić information content (AvgIpc) is 2.35. The van der Waals surface area contributed by atoms with E-state index < -0.39 is 27.0 Å². The van der Waals surface area contributed by atoms with Crippen LogP contribution in [0.3, 0.4) is 0 Å². The standard InChI is InChI=1S/C10H16N3O7/c14-9-7-5-3-1-2-4-6-8-10(11(15)16,12(17)18)13(19)20/h1-8H2. The molecule has 0 aromatic rings. The van der Waals surface area contributed by atoms with Gasteiger partial charge in [-0.15, -0.1) is 0 Å².